The lowest BCUT2D eigenvalue weighted by molar-refractivity contribution is 0.462. The van der Waals surface area contributed by atoms with Gasteiger partial charge in [0.05, 0.1) is 10.2 Å². The Bertz CT molecular complexity index is 337. The van der Waals surface area contributed by atoms with Crippen LogP contribution < -0.4 is 11.1 Å². The van der Waals surface area contributed by atoms with Crippen molar-refractivity contribution in [1.29, 1.82) is 0 Å². The molecule has 0 bridgehead atoms. The van der Waals surface area contributed by atoms with Gasteiger partial charge < -0.3 is 11.1 Å². The molecule has 1 saturated carbocycles. The number of hydrogen-bond donors (Lipinski definition) is 2. The van der Waals surface area contributed by atoms with Crippen LogP contribution in [0.15, 0.2) is 22.9 Å². The molecule has 2 rings (SSSR count). The smallest absolute Gasteiger partial charge is 0.0590 e. The topological polar surface area (TPSA) is 50.9 Å². The first kappa shape index (κ1) is 11.9. The predicted molar refractivity (Wildman–Crippen MR) is 70.4 cm³/mol. The van der Waals surface area contributed by atoms with Crippen LogP contribution in [-0.4, -0.2) is 17.6 Å². The molecule has 4 heteroatoms. The van der Waals surface area contributed by atoms with Gasteiger partial charge in [0.25, 0.3) is 0 Å². The molecule has 3 nitrogen and oxygen atoms in total. The van der Waals surface area contributed by atoms with E-state index < -0.39 is 0 Å². The summed E-state index contributed by atoms with van der Waals surface area (Å²) in [4.78, 5) is 4.06. The van der Waals surface area contributed by atoms with Crippen LogP contribution in [0.25, 0.3) is 0 Å². The van der Waals surface area contributed by atoms with E-state index in [9.17, 15) is 0 Å². The second-order valence-electron chi connectivity index (χ2n) is 4.39. The molecular formula is C12H18BrN3. The average Bonchev–Trinajstić information content (AvgIpc) is 2.81. The van der Waals surface area contributed by atoms with E-state index in [0.29, 0.717) is 12.6 Å². The van der Waals surface area contributed by atoms with Gasteiger partial charge in [0.15, 0.2) is 0 Å². The number of nitrogens with zero attached hydrogens (tertiary/aromatic N) is 1. The lowest BCUT2D eigenvalue weighted by atomic mass is 9.98. The van der Waals surface area contributed by atoms with Crippen LogP contribution in [-0.2, 0) is 0 Å². The van der Waals surface area contributed by atoms with Gasteiger partial charge in [-0.2, -0.15) is 0 Å². The molecule has 0 amide bonds. The standard InChI is InChI=1S/C12H18BrN3/c13-10-8-15-6-5-11(10)16-12(7-14)9-3-1-2-4-9/h5-6,8-9,12H,1-4,7,14H2,(H,15,16). The number of aromatic nitrogens is 1. The molecular weight excluding hydrogens is 266 g/mol. The number of pyridine rings is 1. The second kappa shape index (κ2) is 5.64. The van der Waals surface area contributed by atoms with Crippen molar-refractivity contribution < 1.29 is 0 Å². The molecule has 3 N–H and O–H groups in total. The highest BCUT2D eigenvalue weighted by molar-refractivity contribution is 9.10. The van der Waals surface area contributed by atoms with Crippen molar-refractivity contribution in [2.75, 3.05) is 11.9 Å². The number of anilines is 1. The summed E-state index contributed by atoms with van der Waals surface area (Å²) in [6.45, 7) is 0.694. The van der Waals surface area contributed by atoms with Crippen molar-refractivity contribution >= 4 is 21.6 Å². The molecule has 0 spiro atoms. The normalized spacial score (nSPS) is 18.6. The van der Waals surface area contributed by atoms with Crippen LogP contribution in [0.1, 0.15) is 25.7 Å². The molecule has 1 fully saturated rings. The Labute approximate surface area is 105 Å². The van der Waals surface area contributed by atoms with Crippen LogP contribution in [0.3, 0.4) is 0 Å². The molecule has 1 unspecified atom stereocenters. The Hall–Kier alpha value is -0.610. The third-order valence-electron chi connectivity index (χ3n) is 3.34. The maximum atomic E-state index is 5.86. The first-order valence-electron chi connectivity index (χ1n) is 5.87. The number of nitrogens with two attached hydrogens (primary N) is 1. The van der Waals surface area contributed by atoms with Gasteiger partial charge in [-0.3, -0.25) is 4.98 Å². The van der Waals surface area contributed by atoms with Crippen molar-refractivity contribution in [3.8, 4) is 0 Å². The maximum Gasteiger partial charge on any atom is 0.0590 e. The summed E-state index contributed by atoms with van der Waals surface area (Å²) in [7, 11) is 0. The van der Waals surface area contributed by atoms with Gasteiger partial charge in [0.2, 0.25) is 0 Å². The van der Waals surface area contributed by atoms with Gasteiger partial charge in [-0.25, -0.2) is 0 Å². The van der Waals surface area contributed by atoms with Gasteiger partial charge in [-0.05, 0) is 40.8 Å². The molecule has 1 heterocycles. The Balaban J connectivity index is 2.03. The summed E-state index contributed by atoms with van der Waals surface area (Å²) in [5, 5.41) is 3.53. The van der Waals surface area contributed by atoms with E-state index in [1.807, 2.05) is 12.3 Å². The summed E-state index contributed by atoms with van der Waals surface area (Å²) in [6.07, 6.45) is 8.91. The van der Waals surface area contributed by atoms with Crippen molar-refractivity contribution in [3.63, 3.8) is 0 Å². The lowest BCUT2D eigenvalue weighted by Gasteiger charge is -2.24. The minimum Gasteiger partial charge on any atom is -0.380 e. The zero-order valence-electron chi connectivity index (χ0n) is 9.32. The van der Waals surface area contributed by atoms with Crippen LogP contribution in [0.4, 0.5) is 5.69 Å². The van der Waals surface area contributed by atoms with E-state index >= 15 is 0 Å². The minimum atomic E-state index is 0.390. The van der Waals surface area contributed by atoms with Gasteiger partial charge >= 0.3 is 0 Å². The van der Waals surface area contributed by atoms with E-state index in [4.69, 9.17) is 5.73 Å². The highest BCUT2D eigenvalue weighted by Gasteiger charge is 2.24. The minimum absolute atomic E-state index is 0.390. The van der Waals surface area contributed by atoms with Crippen molar-refractivity contribution in [3.05, 3.63) is 22.9 Å². The van der Waals surface area contributed by atoms with Crippen molar-refractivity contribution in [2.45, 2.75) is 31.7 Å². The van der Waals surface area contributed by atoms with Crippen LogP contribution in [0.5, 0.6) is 0 Å². The molecule has 0 radical (unpaired) electrons. The fourth-order valence-electron chi connectivity index (χ4n) is 2.42. The summed E-state index contributed by atoms with van der Waals surface area (Å²) in [6, 6.07) is 2.38. The van der Waals surface area contributed by atoms with Gasteiger partial charge in [-0.1, -0.05) is 12.8 Å². The monoisotopic (exact) mass is 283 g/mol. The Morgan fingerprint density at radius 3 is 2.88 bits per heavy atom. The SMILES string of the molecule is NCC(Nc1ccncc1Br)C1CCCC1. The molecule has 16 heavy (non-hydrogen) atoms. The Morgan fingerprint density at radius 1 is 1.50 bits per heavy atom. The maximum absolute atomic E-state index is 5.86. The third-order valence-corrected chi connectivity index (χ3v) is 3.97. The van der Waals surface area contributed by atoms with E-state index in [-0.39, 0.29) is 0 Å². The van der Waals surface area contributed by atoms with Gasteiger partial charge in [0, 0.05) is 25.0 Å². The molecule has 1 aliphatic carbocycles. The summed E-state index contributed by atoms with van der Waals surface area (Å²) in [5.74, 6) is 0.727. The van der Waals surface area contributed by atoms with Gasteiger partial charge in [0.1, 0.15) is 0 Å². The molecule has 0 aromatic carbocycles. The van der Waals surface area contributed by atoms with Gasteiger partial charge in [-0.15, -0.1) is 0 Å². The molecule has 1 aromatic rings. The van der Waals surface area contributed by atoms with Crippen molar-refractivity contribution in [1.82, 2.24) is 4.98 Å². The third kappa shape index (κ3) is 2.74. The number of hydrogen-bond acceptors (Lipinski definition) is 3. The first-order valence-corrected chi connectivity index (χ1v) is 6.66. The molecule has 1 aromatic heterocycles. The van der Waals surface area contributed by atoms with E-state index in [2.05, 4.69) is 26.2 Å². The van der Waals surface area contributed by atoms with Crippen molar-refractivity contribution in [2.24, 2.45) is 11.7 Å². The Morgan fingerprint density at radius 2 is 2.25 bits per heavy atom. The predicted octanol–water partition coefficient (Wildman–Crippen LogP) is 2.77. The van der Waals surface area contributed by atoms with Crippen LogP contribution >= 0.6 is 15.9 Å². The fourth-order valence-corrected chi connectivity index (χ4v) is 2.79. The zero-order valence-corrected chi connectivity index (χ0v) is 10.9. The average molecular weight is 284 g/mol. The van der Waals surface area contributed by atoms with E-state index in [0.717, 1.165) is 16.1 Å². The summed E-state index contributed by atoms with van der Waals surface area (Å²) < 4.78 is 1.01. The summed E-state index contributed by atoms with van der Waals surface area (Å²) >= 11 is 3.50. The number of halogens is 1. The lowest BCUT2D eigenvalue weighted by Crippen LogP contribution is -2.35. The quantitative estimate of drug-likeness (QED) is 0.894. The van der Waals surface area contributed by atoms with Crippen LogP contribution in [0.2, 0.25) is 0 Å². The highest BCUT2D eigenvalue weighted by Crippen LogP contribution is 2.30. The molecule has 1 atom stereocenters. The fraction of sp³-hybridized carbons (Fsp3) is 0.583. The van der Waals surface area contributed by atoms with E-state index in [1.54, 1.807) is 6.20 Å². The molecule has 0 saturated heterocycles. The van der Waals surface area contributed by atoms with E-state index in [1.165, 1.54) is 25.7 Å². The molecule has 1 aliphatic rings. The molecule has 88 valence electrons. The Kier molecular flexibility index (Phi) is 4.18. The molecule has 0 aliphatic heterocycles. The number of rotatable bonds is 4. The largest absolute Gasteiger partial charge is 0.380 e. The summed E-state index contributed by atoms with van der Waals surface area (Å²) in [5.41, 5.74) is 6.95. The zero-order chi connectivity index (χ0) is 11.4. The second-order valence-corrected chi connectivity index (χ2v) is 5.24. The first-order chi connectivity index (χ1) is 7.81. The van der Waals surface area contributed by atoms with Crippen LogP contribution in [0, 0.1) is 5.92 Å². The highest BCUT2D eigenvalue weighted by atomic mass is 79.9. The number of nitrogens with one attached hydrogen (secondary N) is 1.